The van der Waals surface area contributed by atoms with Gasteiger partial charge in [0.15, 0.2) is 0 Å². The van der Waals surface area contributed by atoms with Crippen LogP contribution in [0.1, 0.15) is 17.3 Å². The zero-order valence-electron chi connectivity index (χ0n) is 17.0. The number of nitrogens with one attached hydrogen (secondary N) is 2. The zero-order chi connectivity index (χ0) is 21.7. The summed E-state index contributed by atoms with van der Waals surface area (Å²) in [5.41, 5.74) is 1.72. The van der Waals surface area contributed by atoms with Crippen LogP contribution in [0.3, 0.4) is 0 Å². The summed E-state index contributed by atoms with van der Waals surface area (Å²) in [7, 11) is 1.93. The number of benzene rings is 1. The Balaban J connectivity index is 1.66. The molecular formula is C20H25N5O5. The first-order valence-corrected chi connectivity index (χ1v) is 9.64. The van der Waals surface area contributed by atoms with Crippen molar-refractivity contribution >= 4 is 23.2 Å². The minimum Gasteiger partial charge on any atom is -0.379 e. The second kappa shape index (κ2) is 9.51. The maximum absolute atomic E-state index is 12.4. The van der Waals surface area contributed by atoms with E-state index in [1.165, 1.54) is 18.2 Å². The molecule has 30 heavy (non-hydrogen) atoms. The first-order valence-electron chi connectivity index (χ1n) is 9.64. The Labute approximate surface area is 174 Å². The summed E-state index contributed by atoms with van der Waals surface area (Å²) in [5.74, 6) is -1.67. The molecule has 1 aromatic carbocycles. The number of carbonyl (C=O) groups excluding carboxylic acids is 2. The van der Waals surface area contributed by atoms with Crippen LogP contribution in [0.2, 0.25) is 0 Å². The van der Waals surface area contributed by atoms with E-state index in [-0.39, 0.29) is 24.0 Å². The van der Waals surface area contributed by atoms with Crippen molar-refractivity contribution in [2.75, 3.05) is 38.2 Å². The number of non-ortho nitro benzene ring substituents is 1. The number of rotatable bonds is 6. The van der Waals surface area contributed by atoms with E-state index >= 15 is 0 Å². The molecule has 2 aromatic rings. The summed E-state index contributed by atoms with van der Waals surface area (Å²) in [6.07, 6.45) is 1.93. The molecule has 10 nitrogen and oxygen atoms in total. The molecule has 3 rings (SSSR count). The number of hydrogen-bond donors (Lipinski definition) is 2. The van der Waals surface area contributed by atoms with Gasteiger partial charge in [0.1, 0.15) is 0 Å². The number of hydrogen-bond acceptors (Lipinski definition) is 6. The maximum atomic E-state index is 12.4. The highest BCUT2D eigenvalue weighted by molar-refractivity contribution is 6.39. The van der Waals surface area contributed by atoms with E-state index in [1.54, 1.807) is 6.92 Å². The molecule has 0 saturated carbocycles. The van der Waals surface area contributed by atoms with Gasteiger partial charge in [0.25, 0.3) is 5.69 Å². The van der Waals surface area contributed by atoms with Crippen molar-refractivity contribution in [2.45, 2.75) is 13.0 Å². The fourth-order valence-electron chi connectivity index (χ4n) is 3.44. The van der Waals surface area contributed by atoms with Crippen molar-refractivity contribution in [3.63, 3.8) is 0 Å². The first kappa shape index (κ1) is 21.5. The van der Waals surface area contributed by atoms with E-state index in [0.29, 0.717) is 18.8 Å². The van der Waals surface area contributed by atoms with Gasteiger partial charge in [-0.25, -0.2) is 0 Å². The lowest BCUT2D eigenvalue weighted by atomic mass is 10.1. The minimum absolute atomic E-state index is 0.106. The van der Waals surface area contributed by atoms with Crippen LogP contribution in [-0.2, 0) is 21.4 Å². The molecule has 1 aliphatic rings. The van der Waals surface area contributed by atoms with Crippen LogP contribution in [-0.4, -0.2) is 59.1 Å². The number of nitrogens with zero attached hydrogens (tertiary/aromatic N) is 3. The Kier molecular flexibility index (Phi) is 6.80. The van der Waals surface area contributed by atoms with E-state index < -0.39 is 16.7 Å². The number of carbonyl (C=O) groups is 2. The Hall–Kier alpha value is -3.24. The zero-order valence-corrected chi connectivity index (χ0v) is 17.0. The monoisotopic (exact) mass is 415 g/mol. The molecule has 2 N–H and O–H groups in total. The number of aromatic nitrogens is 1. The van der Waals surface area contributed by atoms with Gasteiger partial charge in [-0.1, -0.05) is 6.07 Å². The Bertz CT molecular complexity index is 935. The average molecular weight is 415 g/mol. The van der Waals surface area contributed by atoms with Gasteiger partial charge in [0.05, 0.1) is 29.9 Å². The number of nitro groups is 1. The summed E-state index contributed by atoms with van der Waals surface area (Å²) >= 11 is 0. The fraction of sp³-hybridized carbons (Fsp3) is 0.400. The number of amides is 2. The molecule has 0 spiro atoms. The van der Waals surface area contributed by atoms with Gasteiger partial charge in [-0.2, -0.15) is 0 Å². The molecule has 0 bridgehead atoms. The van der Waals surface area contributed by atoms with Gasteiger partial charge < -0.3 is 19.9 Å². The van der Waals surface area contributed by atoms with Gasteiger partial charge in [-0.05, 0) is 24.6 Å². The average Bonchev–Trinajstić information content (AvgIpc) is 3.16. The predicted octanol–water partition coefficient (Wildman–Crippen LogP) is 1.37. The van der Waals surface area contributed by atoms with Crippen molar-refractivity contribution in [1.29, 1.82) is 0 Å². The predicted molar refractivity (Wildman–Crippen MR) is 110 cm³/mol. The Morgan fingerprint density at radius 2 is 1.97 bits per heavy atom. The van der Waals surface area contributed by atoms with Crippen LogP contribution in [0.15, 0.2) is 36.5 Å². The lowest BCUT2D eigenvalue weighted by Crippen LogP contribution is -2.46. The van der Waals surface area contributed by atoms with Crippen molar-refractivity contribution in [1.82, 2.24) is 14.8 Å². The van der Waals surface area contributed by atoms with E-state index in [9.17, 15) is 19.7 Å². The molecule has 1 aromatic heterocycles. The fourth-order valence-corrected chi connectivity index (χ4v) is 3.44. The SMILES string of the molecule is Cc1ccc([N+](=O)[O-])cc1NC(=O)C(=O)NCC(c1cccn1C)N1CCOCC1. The first-order chi connectivity index (χ1) is 14.4. The quantitative estimate of drug-likeness (QED) is 0.418. The van der Waals surface area contributed by atoms with Crippen LogP contribution in [0.5, 0.6) is 0 Å². The molecule has 1 saturated heterocycles. The summed E-state index contributed by atoms with van der Waals surface area (Å²) in [6.45, 7) is 4.62. The highest BCUT2D eigenvalue weighted by atomic mass is 16.6. The number of nitro benzene ring substituents is 1. The van der Waals surface area contributed by atoms with Crippen LogP contribution >= 0.6 is 0 Å². The van der Waals surface area contributed by atoms with Crippen molar-refractivity contribution in [2.24, 2.45) is 7.05 Å². The van der Waals surface area contributed by atoms with Crippen LogP contribution in [0, 0.1) is 17.0 Å². The van der Waals surface area contributed by atoms with Crippen molar-refractivity contribution in [3.8, 4) is 0 Å². The van der Waals surface area contributed by atoms with Gasteiger partial charge >= 0.3 is 11.8 Å². The summed E-state index contributed by atoms with van der Waals surface area (Å²) < 4.78 is 7.40. The van der Waals surface area contributed by atoms with Crippen LogP contribution < -0.4 is 10.6 Å². The maximum Gasteiger partial charge on any atom is 0.313 e. The summed E-state index contributed by atoms with van der Waals surface area (Å²) in [5, 5.41) is 16.1. The smallest absolute Gasteiger partial charge is 0.313 e. The highest BCUT2D eigenvalue weighted by Crippen LogP contribution is 2.23. The van der Waals surface area contributed by atoms with Gasteiger partial charge in [-0.15, -0.1) is 0 Å². The second-order valence-electron chi connectivity index (χ2n) is 7.13. The van der Waals surface area contributed by atoms with E-state index in [2.05, 4.69) is 15.5 Å². The molecular weight excluding hydrogens is 390 g/mol. The number of aryl methyl sites for hydroxylation is 2. The molecule has 10 heteroatoms. The van der Waals surface area contributed by atoms with Gasteiger partial charge in [-0.3, -0.25) is 24.6 Å². The third kappa shape index (κ3) is 5.02. The molecule has 0 aliphatic carbocycles. The minimum atomic E-state index is -0.869. The summed E-state index contributed by atoms with van der Waals surface area (Å²) in [6, 6.07) is 7.92. The van der Waals surface area contributed by atoms with Crippen LogP contribution in [0.4, 0.5) is 11.4 Å². The second-order valence-corrected chi connectivity index (χ2v) is 7.13. The van der Waals surface area contributed by atoms with Gasteiger partial charge in [0, 0.05) is 50.7 Å². The molecule has 1 unspecified atom stereocenters. The number of anilines is 1. The summed E-state index contributed by atoms with van der Waals surface area (Å²) in [4.78, 5) is 37.4. The molecule has 1 aliphatic heterocycles. The third-order valence-corrected chi connectivity index (χ3v) is 5.15. The van der Waals surface area contributed by atoms with E-state index in [4.69, 9.17) is 4.74 Å². The highest BCUT2D eigenvalue weighted by Gasteiger charge is 2.26. The number of ether oxygens (including phenoxy) is 1. The molecule has 1 fully saturated rings. The lowest BCUT2D eigenvalue weighted by molar-refractivity contribution is -0.384. The largest absolute Gasteiger partial charge is 0.379 e. The van der Waals surface area contributed by atoms with E-state index in [1.807, 2.05) is 29.9 Å². The van der Waals surface area contributed by atoms with E-state index in [0.717, 1.165) is 18.8 Å². The Morgan fingerprint density at radius 3 is 2.60 bits per heavy atom. The standard InChI is InChI=1S/C20H25N5O5/c1-14-5-6-15(25(28)29)12-16(14)22-20(27)19(26)21-13-18(17-4-3-7-23(17)2)24-8-10-30-11-9-24/h3-7,12,18H,8-11,13H2,1-2H3,(H,21,26)(H,22,27). The van der Waals surface area contributed by atoms with Crippen molar-refractivity contribution < 1.29 is 19.2 Å². The van der Waals surface area contributed by atoms with Crippen LogP contribution in [0.25, 0.3) is 0 Å². The van der Waals surface area contributed by atoms with Gasteiger partial charge in [0.2, 0.25) is 0 Å². The number of morpholine rings is 1. The molecule has 2 heterocycles. The normalized spacial score (nSPS) is 15.4. The molecule has 0 radical (unpaired) electrons. The van der Waals surface area contributed by atoms with Crippen molar-refractivity contribution in [3.05, 3.63) is 57.9 Å². The molecule has 2 amide bonds. The lowest BCUT2D eigenvalue weighted by Gasteiger charge is -2.34. The molecule has 160 valence electrons. The molecule has 1 atom stereocenters. The topological polar surface area (TPSA) is 119 Å². The third-order valence-electron chi connectivity index (χ3n) is 5.15. The Morgan fingerprint density at radius 1 is 1.23 bits per heavy atom.